The molecule has 0 unspecified atom stereocenters. The van der Waals surface area contributed by atoms with Gasteiger partial charge in [0.2, 0.25) is 0 Å². The molecule has 0 radical (unpaired) electrons. The minimum absolute atomic E-state index is 0.353. The Labute approximate surface area is 127 Å². The van der Waals surface area contributed by atoms with Crippen molar-refractivity contribution >= 4 is 52.2 Å². The maximum atomic E-state index is 6.30. The van der Waals surface area contributed by atoms with Gasteiger partial charge in [-0.15, -0.1) is 0 Å². The summed E-state index contributed by atoms with van der Waals surface area (Å²) in [5.41, 5.74) is 0.610. The fourth-order valence-corrected chi connectivity index (χ4v) is 2.86. The highest BCUT2D eigenvalue weighted by atomic mass is 35.5. The van der Waals surface area contributed by atoms with Crippen LogP contribution in [0.3, 0.4) is 0 Å². The van der Waals surface area contributed by atoms with Gasteiger partial charge in [0.25, 0.3) is 0 Å². The van der Waals surface area contributed by atoms with Crippen LogP contribution in [0.1, 0.15) is 0 Å². The van der Waals surface area contributed by atoms with Gasteiger partial charge in [0, 0.05) is 11.1 Å². The highest BCUT2D eigenvalue weighted by molar-refractivity contribution is 7.99. The van der Waals surface area contributed by atoms with Crippen LogP contribution >= 0.6 is 46.6 Å². The molecule has 3 aromatic heterocycles. The second-order valence-corrected chi connectivity index (χ2v) is 5.76. The minimum Gasteiger partial charge on any atom is -0.289 e. The third-order valence-corrected chi connectivity index (χ3v) is 4.29. The van der Waals surface area contributed by atoms with Crippen molar-refractivity contribution in [3.05, 3.63) is 46.2 Å². The predicted octanol–water partition coefficient (Wildman–Crippen LogP) is 4.24. The lowest BCUT2D eigenvalue weighted by atomic mass is 10.5. The molecular weight excluding hydrogens is 327 g/mol. The molecule has 0 atom stereocenters. The molecule has 0 aliphatic carbocycles. The van der Waals surface area contributed by atoms with Crippen LogP contribution in [-0.2, 0) is 0 Å². The summed E-state index contributed by atoms with van der Waals surface area (Å²) in [6, 6.07) is 1.85. The number of fused-ring (bicyclic) bond motifs is 1. The second kappa shape index (κ2) is 5.17. The van der Waals surface area contributed by atoms with Crippen LogP contribution in [0.15, 0.2) is 40.8 Å². The second-order valence-electron chi connectivity index (χ2n) is 3.55. The van der Waals surface area contributed by atoms with Crippen molar-refractivity contribution in [2.75, 3.05) is 0 Å². The number of nitrogens with zero attached hydrogens (tertiary/aromatic N) is 4. The number of halogens is 3. The SMILES string of the molecule is Clc1cnc(Sc2ccn3c(Cl)cnc3c2Cl)cn1. The maximum Gasteiger partial charge on any atom is 0.157 e. The molecule has 0 amide bonds. The van der Waals surface area contributed by atoms with Gasteiger partial charge in [-0.1, -0.05) is 46.6 Å². The summed E-state index contributed by atoms with van der Waals surface area (Å²) in [6.45, 7) is 0. The van der Waals surface area contributed by atoms with Crippen LogP contribution in [0.2, 0.25) is 15.3 Å². The normalized spacial score (nSPS) is 11.1. The smallest absolute Gasteiger partial charge is 0.157 e. The lowest BCUT2D eigenvalue weighted by Crippen LogP contribution is -1.88. The van der Waals surface area contributed by atoms with Crippen molar-refractivity contribution in [3.63, 3.8) is 0 Å². The van der Waals surface area contributed by atoms with Crippen LogP contribution in [0.25, 0.3) is 5.65 Å². The third kappa shape index (κ3) is 2.51. The monoisotopic (exact) mass is 330 g/mol. The zero-order chi connectivity index (χ0) is 13.4. The summed E-state index contributed by atoms with van der Waals surface area (Å²) in [5, 5.41) is 2.09. The highest BCUT2D eigenvalue weighted by Gasteiger charge is 2.11. The first kappa shape index (κ1) is 13.0. The van der Waals surface area contributed by atoms with Crippen LogP contribution < -0.4 is 0 Å². The molecule has 0 aliphatic rings. The molecule has 3 heterocycles. The van der Waals surface area contributed by atoms with Crippen LogP contribution in [-0.4, -0.2) is 19.4 Å². The van der Waals surface area contributed by atoms with Crippen molar-refractivity contribution in [1.82, 2.24) is 19.4 Å². The molecule has 0 bridgehead atoms. The van der Waals surface area contributed by atoms with Crippen molar-refractivity contribution < 1.29 is 0 Å². The van der Waals surface area contributed by atoms with Crippen molar-refractivity contribution in [1.29, 1.82) is 0 Å². The fraction of sp³-hybridized carbons (Fsp3) is 0. The van der Waals surface area contributed by atoms with Crippen LogP contribution in [0, 0.1) is 0 Å². The summed E-state index contributed by atoms with van der Waals surface area (Å²) in [5.74, 6) is 0. The third-order valence-electron chi connectivity index (χ3n) is 2.35. The van der Waals surface area contributed by atoms with E-state index < -0.39 is 0 Å². The molecule has 0 aromatic carbocycles. The molecule has 19 heavy (non-hydrogen) atoms. The predicted molar refractivity (Wildman–Crippen MR) is 76.4 cm³/mol. The van der Waals surface area contributed by atoms with Gasteiger partial charge in [0.05, 0.1) is 23.6 Å². The summed E-state index contributed by atoms with van der Waals surface area (Å²) in [4.78, 5) is 13.1. The first-order valence-corrected chi connectivity index (χ1v) is 7.06. The molecule has 0 saturated heterocycles. The molecule has 8 heteroatoms. The summed E-state index contributed by atoms with van der Waals surface area (Å²) < 4.78 is 1.71. The van der Waals surface area contributed by atoms with Gasteiger partial charge < -0.3 is 0 Å². The van der Waals surface area contributed by atoms with Gasteiger partial charge in [0.1, 0.15) is 15.3 Å². The zero-order valence-electron chi connectivity index (χ0n) is 9.22. The van der Waals surface area contributed by atoms with E-state index in [1.807, 2.05) is 12.3 Å². The summed E-state index contributed by atoms with van der Waals surface area (Å²) in [6.07, 6.45) is 6.44. The van der Waals surface area contributed by atoms with Gasteiger partial charge >= 0.3 is 0 Å². The largest absolute Gasteiger partial charge is 0.289 e. The van der Waals surface area contributed by atoms with E-state index in [0.717, 1.165) is 4.90 Å². The Bertz CT molecular complexity index is 742. The molecule has 0 fully saturated rings. The Kier molecular flexibility index (Phi) is 3.54. The first-order chi connectivity index (χ1) is 9.15. The van der Waals surface area contributed by atoms with Crippen molar-refractivity contribution in [2.24, 2.45) is 0 Å². The van der Waals surface area contributed by atoms with E-state index in [4.69, 9.17) is 34.8 Å². The minimum atomic E-state index is 0.353. The molecule has 0 saturated carbocycles. The van der Waals surface area contributed by atoms with E-state index in [-0.39, 0.29) is 0 Å². The maximum absolute atomic E-state index is 6.30. The summed E-state index contributed by atoms with van der Waals surface area (Å²) >= 11 is 19.3. The fourth-order valence-electron chi connectivity index (χ4n) is 1.51. The Balaban J connectivity index is 2.01. The Morgan fingerprint density at radius 1 is 1.00 bits per heavy atom. The topological polar surface area (TPSA) is 43.1 Å². The van der Waals surface area contributed by atoms with E-state index in [2.05, 4.69) is 15.0 Å². The molecule has 3 rings (SSSR count). The average molecular weight is 332 g/mol. The molecule has 96 valence electrons. The standard InChI is InChI=1S/C11H5Cl3N4S/c12-7-3-16-9(5-15-7)19-6-1-2-18-8(13)4-17-11(18)10(6)14/h1-5H. The lowest BCUT2D eigenvalue weighted by molar-refractivity contribution is 1.05. The van der Waals surface area contributed by atoms with Crippen LogP contribution in [0.4, 0.5) is 0 Å². The number of hydrogen-bond acceptors (Lipinski definition) is 4. The van der Waals surface area contributed by atoms with Gasteiger partial charge in [-0.2, -0.15) is 0 Å². The molecule has 0 spiro atoms. The van der Waals surface area contributed by atoms with Crippen molar-refractivity contribution in [3.8, 4) is 0 Å². The average Bonchev–Trinajstić information content (AvgIpc) is 2.78. The number of aromatic nitrogens is 4. The van der Waals surface area contributed by atoms with Gasteiger partial charge in [-0.3, -0.25) is 4.40 Å². The Morgan fingerprint density at radius 2 is 1.84 bits per heavy atom. The Hall–Kier alpha value is -1.01. The van der Waals surface area contributed by atoms with E-state index in [9.17, 15) is 0 Å². The molecular formula is C11H5Cl3N4S. The van der Waals surface area contributed by atoms with Crippen LogP contribution in [0.5, 0.6) is 0 Å². The van der Waals surface area contributed by atoms with Gasteiger partial charge in [0.15, 0.2) is 5.65 Å². The van der Waals surface area contributed by atoms with E-state index >= 15 is 0 Å². The van der Waals surface area contributed by atoms with Gasteiger partial charge in [-0.25, -0.2) is 15.0 Å². The first-order valence-electron chi connectivity index (χ1n) is 5.11. The van der Waals surface area contributed by atoms with E-state index in [1.165, 1.54) is 18.0 Å². The summed E-state index contributed by atoms with van der Waals surface area (Å²) in [7, 11) is 0. The van der Waals surface area contributed by atoms with E-state index in [0.29, 0.717) is 26.0 Å². The molecule has 0 N–H and O–H groups in total. The quantitative estimate of drug-likeness (QED) is 0.704. The van der Waals surface area contributed by atoms with Crippen molar-refractivity contribution in [2.45, 2.75) is 9.92 Å². The zero-order valence-corrected chi connectivity index (χ0v) is 12.3. The number of rotatable bonds is 2. The number of hydrogen-bond donors (Lipinski definition) is 0. The van der Waals surface area contributed by atoms with E-state index in [1.54, 1.807) is 16.8 Å². The molecule has 0 aliphatic heterocycles. The lowest BCUT2D eigenvalue weighted by Gasteiger charge is -2.05. The highest BCUT2D eigenvalue weighted by Crippen LogP contribution is 2.34. The Morgan fingerprint density at radius 3 is 2.58 bits per heavy atom. The molecule has 4 nitrogen and oxygen atoms in total. The molecule has 3 aromatic rings. The van der Waals surface area contributed by atoms with Gasteiger partial charge in [-0.05, 0) is 6.07 Å². The number of pyridine rings is 1. The number of imidazole rings is 1.